The molecule has 0 aliphatic rings. The van der Waals surface area contributed by atoms with Crippen LogP contribution in [-0.4, -0.2) is 13.6 Å². The van der Waals surface area contributed by atoms with Gasteiger partial charge >= 0.3 is 0 Å². The van der Waals surface area contributed by atoms with Crippen LogP contribution in [0.5, 0.6) is 0 Å². The van der Waals surface area contributed by atoms with Crippen LogP contribution in [0.4, 0.5) is 0 Å². The molecule has 0 bridgehead atoms. The minimum absolute atomic E-state index is 1.06. The van der Waals surface area contributed by atoms with Gasteiger partial charge in [0.05, 0.1) is 0 Å². The van der Waals surface area contributed by atoms with Crippen molar-refractivity contribution in [2.75, 3.05) is 13.6 Å². The van der Waals surface area contributed by atoms with Gasteiger partial charge in [-0.3, -0.25) is 0 Å². The van der Waals surface area contributed by atoms with E-state index in [1.165, 1.54) is 20.5 Å². The van der Waals surface area contributed by atoms with Crippen molar-refractivity contribution in [2.45, 2.75) is 13.3 Å². The Labute approximate surface area is 88.8 Å². The second-order valence-corrected chi connectivity index (χ2v) is 4.74. The Bertz CT molecular complexity index is 431. The molecule has 1 aromatic heterocycles. The van der Waals surface area contributed by atoms with Crippen LogP contribution in [0.2, 0.25) is 0 Å². The topological polar surface area (TPSA) is 12.0 Å². The van der Waals surface area contributed by atoms with Gasteiger partial charge in [-0.15, -0.1) is 11.3 Å². The number of hydrogen-bond acceptors (Lipinski definition) is 2. The third-order valence-electron chi connectivity index (χ3n) is 2.53. The van der Waals surface area contributed by atoms with Gasteiger partial charge in [-0.2, -0.15) is 0 Å². The van der Waals surface area contributed by atoms with Crippen LogP contribution in [0.25, 0.3) is 10.1 Å². The van der Waals surface area contributed by atoms with E-state index in [9.17, 15) is 0 Å². The fourth-order valence-electron chi connectivity index (χ4n) is 1.78. The van der Waals surface area contributed by atoms with E-state index < -0.39 is 0 Å². The van der Waals surface area contributed by atoms with Crippen LogP contribution in [0, 0.1) is 6.92 Å². The average molecular weight is 205 g/mol. The number of fused-ring (bicyclic) bond motifs is 1. The van der Waals surface area contributed by atoms with Gasteiger partial charge in [0.1, 0.15) is 0 Å². The Morgan fingerprint density at radius 3 is 2.86 bits per heavy atom. The Kier molecular flexibility index (Phi) is 2.85. The molecule has 2 aromatic rings. The van der Waals surface area contributed by atoms with Crippen LogP contribution in [0.1, 0.15) is 10.4 Å². The summed E-state index contributed by atoms with van der Waals surface area (Å²) < 4.78 is 1.41. The summed E-state index contributed by atoms with van der Waals surface area (Å²) in [5.74, 6) is 0. The Morgan fingerprint density at radius 2 is 2.07 bits per heavy atom. The SMILES string of the molecule is CNCCc1c(C)sc2ccccc12. The first-order chi connectivity index (χ1) is 6.83. The van der Waals surface area contributed by atoms with Crippen molar-refractivity contribution in [3.05, 3.63) is 34.7 Å². The molecule has 0 unspecified atom stereocenters. The molecule has 74 valence electrons. The molecule has 0 spiro atoms. The molecule has 0 saturated heterocycles. The minimum atomic E-state index is 1.06. The van der Waals surface area contributed by atoms with E-state index in [0.29, 0.717) is 0 Å². The predicted octanol–water partition coefficient (Wildman–Crippen LogP) is 2.97. The number of thiophene rings is 1. The molecule has 2 rings (SSSR count). The Morgan fingerprint density at radius 1 is 1.29 bits per heavy atom. The normalized spacial score (nSPS) is 11.0. The Balaban J connectivity index is 2.45. The first-order valence-corrected chi connectivity index (χ1v) is 5.76. The summed E-state index contributed by atoms with van der Waals surface area (Å²) in [5.41, 5.74) is 1.51. The van der Waals surface area contributed by atoms with Crippen LogP contribution in [-0.2, 0) is 6.42 Å². The van der Waals surface area contributed by atoms with Crippen LogP contribution >= 0.6 is 11.3 Å². The lowest BCUT2D eigenvalue weighted by Gasteiger charge is -2.00. The lowest BCUT2D eigenvalue weighted by molar-refractivity contribution is 0.794. The first-order valence-electron chi connectivity index (χ1n) is 4.94. The molecule has 1 nitrogen and oxygen atoms in total. The maximum absolute atomic E-state index is 3.20. The van der Waals surface area contributed by atoms with Gasteiger partial charge < -0.3 is 5.32 Å². The summed E-state index contributed by atoms with van der Waals surface area (Å²) >= 11 is 1.90. The molecule has 0 atom stereocenters. The lowest BCUT2D eigenvalue weighted by Crippen LogP contribution is -2.10. The molecular weight excluding hydrogens is 190 g/mol. The maximum Gasteiger partial charge on any atom is 0.0348 e. The largest absolute Gasteiger partial charge is 0.319 e. The van der Waals surface area contributed by atoms with Crippen LogP contribution in [0.15, 0.2) is 24.3 Å². The molecule has 1 aromatic carbocycles. The summed E-state index contributed by atoms with van der Waals surface area (Å²) in [6.07, 6.45) is 1.13. The molecule has 2 heteroatoms. The van der Waals surface area contributed by atoms with E-state index in [-0.39, 0.29) is 0 Å². The number of likely N-dealkylation sites (N-methyl/N-ethyl adjacent to an activating group) is 1. The zero-order valence-electron chi connectivity index (χ0n) is 8.63. The highest BCUT2D eigenvalue weighted by Gasteiger charge is 2.06. The second-order valence-electron chi connectivity index (χ2n) is 3.49. The molecule has 1 heterocycles. The summed E-state index contributed by atoms with van der Waals surface area (Å²) in [5, 5.41) is 4.64. The van der Waals surface area contributed by atoms with Gasteiger partial charge in [-0.05, 0) is 44.0 Å². The number of hydrogen-bond donors (Lipinski definition) is 1. The first kappa shape index (κ1) is 9.69. The molecule has 0 amide bonds. The van der Waals surface area contributed by atoms with Crippen molar-refractivity contribution in [1.82, 2.24) is 5.32 Å². The summed E-state index contributed by atoms with van der Waals surface area (Å²) in [6.45, 7) is 3.28. The van der Waals surface area contributed by atoms with Gasteiger partial charge in [-0.25, -0.2) is 0 Å². The standard InChI is InChI=1S/C12H15NS/c1-9-10(7-8-13-2)11-5-3-4-6-12(11)14-9/h3-6,13H,7-8H2,1-2H3. The highest BCUT2D eigenvalue weighted by atomic mass is 32.1. The van der Waals surface area contributed by atoms with E-state index in [1.807, 2.05) is 18.4 Å². The lowest BCUT2D eigenvalue weighted by atomic mass is 10.1. The van der Waals surface area contributed by atoms with Gasteiger partial charge in [0.25, 0.3) is 0 Å². The molecule has 0 fully saturated rings. The minimum Gasteiger partial charge on any atom is -0.319 e. The summed E-state index contributed by atoms with van der Waals surface area (Å²) in [7, 11) is 2.00. The van der Waals surface area contributed by atoms with E-state index in [1.54, 1.807) is 0 Å². The third kappa shape index (κ3) is 1.68. The fourth-order valence-corrected chi connectivity index (χ4v) is 2.89. The number of nitrogens with one attached hydrogen (secondary N) is 1. The molecule has 0 aliphatic heterocycles. The maximum atomic E-state index is 3.20. The molecule has 14 heavy (non-hydrogen) atoms. The molecule has 0 radical (unpaired) electrons. The van der Waals surface area contributed by atoms with Gasteiger partial charge in [0.15, 0.2) is 0 Å². The van der Waals surface area contributed by atoms with E-state index in [4.69, 9.17) is 0 Å². The van der Waals surface area contributed by atoms with Gasteiger partial charge in [0, 0.05) is 9.58 Å². The van der Waals surface area contributed by atoms with Crippen molar-refractivity contribution in [2.24, 2.45) is 0 Å². The van der Waals surface area contributed by atoms with Gasteiger partial charge in [-0.1, -0.05) is 18.2 Å². The predicted molar refractivity (Wildman–Crippen MR) is 64.2 cm³/mol. The van der Waals surface area contributed by atoms with Crippen molar-refractivity contribution in [1.29, 1.82) is 0 Å². The number of rotatable bonds is 3. The van der Waals surface area contributed by atoms with Crippen LogP contribution < -0.4 is 5.32 Å². The zero-order chi connectivity index (χ0) is 9.97. The van der Waals surface area contributed by atoms with E-state index >= 15 is 0 Å². The van der Waals surface area contributed by atoms with Crippen molar-refractivity contribution in [3.63, 3.8) is 0 Å². The second kappa shape index (κ2) is 4.11. The molecule has 0 saturated carbocycles. The van der Waals surface area contributed by atoms with Crippen LogP contribution in [0.3, 0.4) is 0 Å². The summed E-state index contributed by atoms with van der Waals surface area (Å²) in [4.78, 5) is 1.46. The molecule has 1 N–H and O–H groups in total. The van der Waals surface area contributed by atoms with Crippen molar-refractivity contribution in [3.8, 4) is 0 Å². The number of aryl methyl sites for hydroxylation is 1. The average Bonchev–Trinajstić information content (AvgIpc) is 2.51. The van der Waals surface area contributed by atoms with E-state index in [0.717, 1.165) is 13.0 Å². The monoisotopic (exact) mass is 205 g/mol. The quantitative estimate of drug-likeness (QED) is 0.812. The summed E-state index contributed by atoms with van der Waals surface area (Å²) in [6, 6.07) is 8.66. The van der Waals surface area contributed by atoms with E-state index in [2.05, 4.69) is 36.5 Å². The van der Waals surface area contributed by atoms with Crippen molar-refractivity contribution >= 4 is 21.4 Å². The van der Waals surface area contributed by atoms with Gasteiger partial charge in [0.2, 0.25) is 0 Å². The highest BCUT2D eigenvalue weighted by molar-refractivity contribution is 7.19. The fraction of sp³-hybridized carbons (Fsp3) is 0.333. The molecular formula is C12H15NS. The zero-order valence-corrected chi connectivity index (χ0v) is 9.45. The Hall–Kier alpha value is -0.860. The van der Waals surface area contributed by atoms with Crippen molar-refractivity contribution < 1.29 is 0 Å². The molecule has 0 aliphatic carbocycles. The highest BCUT2D eigenvalue weighted by Crippen LogP contribution is 2.30. The smallest absolute Gasteiger partial charge is 0.0348 e. The third-order valence-corrected chi connectivity index (χ3v) is 3.65. The number of benzene rings is 1.